The van der Waals surface area contributed by atoms with Crippen molar-refractivity contribution in [2.45, 2.75) is 28.3 Å². The minimum Gasteiger partial charge on any atom is -0.480 e. The molecule has 37 heavy (non-hydrogen) atoms. The summed E-state index contributed by atoms with van der Waals surface area (Å²) in [6, 6.07) is 22.1. The van der Waals surface area contributed by atoms with Crippen LogP contribution in [0.25, 0.3) is 17.1 Å². The summed E-state index contributed by atoms with van der Waals surface area (Å²) in [5.41, 5.74) is 4.94. The average Bonchev–Trinajstić information content (AvgIpc) is 3.33. The van der Waals surface area contributed by atoms with Gasteiger partial charge in [-0.25, -0.2) is 14.6 Å². The molecule has 0 bridgehead atoms. The van der Waals surface area contributed by atoms with Crippen LogP contribution in [0.5, 0.6) is 0 Å². The lowest BCUT2D eigenvalue weighted by molar-refractivity contribution is -0.139. The van der Waals surface area contributed by atoms with E-state index in [-0.39, 0.29) is 13.0 Å². The van der Waals surface area contributed by atoms with Crippen molar-refractivity contribution in [1.29, 1.82) is 0 Å². The Kier molecular flexibility index (Phi) is 9.29. The fourth-order valence-electron chi connectivity index (χ4n) is 3.74. The third-order valence-corrected chi connectivity index (χ3v) is 7.50. The molecule has 4 aromatic rings. The van der Waals surface area contributed by atoms with Crippen LogP contribution in [0.3, 0.4) is 0 Å². The summed E-state index contributed by atoms with van der Waals surface area (Å²) >= 11 is 3.18. The smallest absolute Gasteiger partial charge is 0.407 e. The van der Waals surface area contributed by atoms with Crippen LogP contribution in [0.15, 0.2) is 89.4 Å². The van der Waals surface area contributed by atoms with Crippen molar-refractivity contribution in [3.8, 4) is 0 Å². The second-order valence-electron chi connectivity index (χ2n) is 8.09. The molecule has 3 N–H and O–H groups in total. The standard InChI is InChI=1S/C28H27N3O4S2/c1-2-21-20(18-37-27-29-22-12-6-7-13-23(22)30-27)11-8-14-25(21)36-16-15-35-28(34)31-24(26(32)33)17-19-9-4-3-5-10-19/h2-14,24H,1,15-18H2,(H,29,30)(H,31,34)(H,32,33). The summed E-state index contributed by atoms with van der Waals surface area (Å²) in [6.45, 7) is 4.13. The number of nitrogens with zero attached hydrogens (tertiary/aromatic N) is 1. The minimum absolute atomic E-state index is 0.142. The zero-order valence-corrected chi connectivity index (χ0v) is 21.7. The van der Waals surface area contributed by atoms with Gasteiger partial charge in [0.05, 0.1) is 11.0 Å². The second-order valence-corrected chi connectivity index (χ2v) is 10.2. The molecule has 1 aromatic heterocycles. The van der Waals surface area contributed by atoms with Crippen molar-refractivity contribution in [3.63, 3.8) is 0 Å². The molecule has 0 aliphatic rings. The van der Waals surface area contributed by atoms with Crippen molar-refractivity contribution >= 4 is 52.7 Å². The van der Waals surface area contributed by atoms with Gasteiger partial charge in [0, 0.05) is 22.8 Å². The number of H-pyrrole nitrogens is 1. The maximum absolute atomic E-state index is 12.2. The Morgan fingerprint density at radius 2 is 1.84 bits per heavy atom. The topological polar surface area (TPSA) is 104 Å². The average molecular weight is 534 g/mol. The number of aliphatic carboxylic acids is 1. The number of hydrogen-bond donors (Lipinski definition) is 3. The van der Waals surface area contributed by atoms with E-state index in [1.165, 1.54) is 0 Å². The van der Waals surface area contributed by atoms with E-state index < -0.39 is 18.1 Å². The first kappa shape index (κ1) is 26.4. The molecule has 0 aliphatic carbocycles. The van der Waals surface area contributed by atoms with Crippen molar-refractivity contribution in [2.75, 3.05) is 12.4 Å². The number of benzene rings is 3. The van der Waals surface area contributed by atoms with Gasteiger partial charge in [-0.2, -0.15) is 0 Å². The van der Waals surface area contributed by atoms with Gasteiger partial charge in [0.2, 0.25) is 0 Å². The molecule has 1 heterocycles. The lowest BCUT2D eigenvalue weighted by Gasteiger charge is -2.15. The molecule has 1 unspecified atom stereocenters. The van der Waals surface area contributed by atoms with Crippen molar-refractivity contribution in [2.24, 2.45) is 0 Å². The van der Waals surface area contributed by atoms with Gasteiger partial charge >= 0.3 is 12.1 Å². The molecule has 0 fully saturated rings. The molecule has 9 heteroatoms. The quantitative estimate of drug-likeness (QED) is 0.151. The first-order valence-corrected chi connectivity index (χ1v) is 13.7. The molecule has 7 nitrogen and oxygen atoms in total. The second kappa shape index (κ2) is 13.0. The van der Waals surface area contributed by atoms with E-state index in [4.69, 9.17) is 4.74 Å². The van der Waals surface area contributed by atoms with E-state index in [0.29, 0.717) is 5.75 Å². The van der Waals surface area contributed by atoms with Crippen molar-refractivity contribution < 1.29 is 19.4 Å². The SMILES string of the molecule is C=Cc1c(CSc2nc3ccccc3[nH]2)cccc1SCCOC(=O)NC(Cc1ccccc1)C(=O)O. The number of rotatable bonds is 12. The normalized spacial score (nSPS) is 11.7. The third kappa shape index (κ3) is 7.41. The molecule has 4 rings (SSSR count). The Balaban J connectivity index is 1.27. The van der Waals surface area contributed by atoms with E-state index in [2.05, 4.69) is 27.9 Å². The number of thioether (sulfide) groups is 2. The molecular formula is C28H27N3O4S2. The first-order valence-electron chi connectivity index (χ1n) is 11.7. The van der Waals surface area contributed by atoms with Gasteiger partial charge in [-0.15, -0.1) is 11.8 Å². The van der Waals surface area contributed by atoms with Crippen LogP contribution in [-0.4, -0.2) is 45.5 Å². The number of fused-ring (bicyclic) bond motifs is 1. The van der Waals surface area contributed by atoms with Gasteiger partial charge in [0.1, 0.15) is 12.6 Å². The molecule has 1 amide bonds. The summed E-state index contributed by atoms with van der Waals surface area (Å²) in [4.78, 5) is 32.7. The number of carboxylic acids is 1. The maximum Gasteiger partial charge on any atom is 0.407 e. The fourth-order valence-corrected chi connectivity index (χ4v) is 5.56. The van der Waals surface area contributed by atoms with E-state index in [1.54, 1.807) is 23.5 Å². The van der Waals surface area contributed by atoms with Crippen LogP contribution in [0, 0.1) is 0 Å². The van der Waals surface area contributed by atoms with Gasteiger partial charge < -0.3 is 20.1 Å². The molecule has 3 aromatic carbocycles. The molecular weight excluding hydrogens is 506 g/mol. The predicted octanol–water partition coefficient (Wildman–Crippen LogP) is 6.01. The Bertz CT molecular complexity index is 1340. The number of carbonyl (C=O) groups excluding carboxylic acids is 1. The summed E-state index contributed by atoms with van der Waals surface area (Å²) < 4.78 is 5.24. The number of alkyl carbamates (subject to hydrolysis) is 1. The third-order valence-electron chi connectivity index (χ3n) is 5.54. The number of imidazole rings is 1. The largest absolute Gasteiger partial charge is 0.480 e. The van der Waals surface area contributed by atoms with E-state index in [1.807, 2.05) is 72.8 Å². The van der Waals surface area contributed by atoms with Crippen molar-refractivity contribution in [3.05, 3.63) is 96.1 Å². The number of para-hydroxylation sites is 2. The predicted molar refractivity (Wildman–Crippen MR) is 149 cm³/mol. The number of ether oxygens (including phenoxy) is 1. The highest BCUT2D eigenvalue weighted by atomic mass is 32.2. The Morgan fingerprint density at radius 1 is 1.05 bits per heavy atom. The summed E-state index contributed by atoms with van der Waals surface area (Å²) in [5, 5.41) is 12.8. The van der Waals surface area contributed by atoms with Crippen LogP contribution >= 0.6 is 23.5 Å². The van der Waals surface area contributed by atoms with Crippen LogP contribution in [0.4, 0.5) is 4.79 Å². The number of amides is 1. The van der Waals surface area contributed by atoms with Gasteiger partial charge in [-0.1, -0.05) is 79.0 Å². The zero-order chi connectivity index (χ0) is 26.0. The van der Waals surface area contributed by atoms with Gasteiger partial charge in [0.15, 0.2) is 5.16 Å². The molecule has 190 valence electrons. The highest BCUT2D eigenvalue weighted by molar-refractivity contribution is 7.99. The summed E-state index contributed by atoms with van der Waals surface area (Å²) in [6.07, 6.45) is 1.27. The highest BCUT2D eigenvalue weighted by Crippen LogP contribution is 2.31. The number of hydrogen-bond acceptors (Lipinski definition) is 6. The Hall–Kier alpha value is -3.69. The zero-order valence-electron chi connectivity index (χ0n) is 20.1. The van der Waals surface area contributed by atoms with Crippen LogP contribution in [0.2, 0.25) is 0 Å². The minimum atomic E-state index is -1.11. The Labute approximate surface area is 223 Å². The Morgan fingerprint density at radius 3 is 2.59 bits per heavy atom. The maximum atomic E-state index is 12.2. The summed E-state index contributed by atoms with van der Waals surface area (Å²) in [7, 11) is 0. The number of nitrogens with one attached hydrogen (secondary N) is 2. The number of aromatic nitrogens is 2. The highest BCUT2D eigenvalue weighted by Gasteiger charge is 2.21. The number of aromatic amines is 1. The summed E-state index contributed by atoms with van der Waals surface area (Å²) in [5.74, 6) is 0.139. The van der Waals surface area contributed by atoms with Gasteiger partial charge in [0.25, 0.3) is 0 Å². The van der Waals surface area contributed by atoms with Crippen LogP contribution in [-0.2, 0) is 21.7 Å². The molecule has 0 spiro atoms. The van der Waals surface area contributed by atoms with E-state index in [9.17, 15) is 14.7 Å². The monoisotopic (exact) mass is 533 g/mol. The van der Waals surface area contributed by atoms with E-state index in [0.717, 1.165) is 43.5 Å². The van der Waals surface area contributed by atoms with Gasteiger partial charge in [-0.3, -0.25) is 0 Å². The molecule has 1 atom stereocenters. The van der Waals surface area contributed by atoms with Crippen LogP contribution in [0.1, 0.15) is 16.7 Å². The molecule has 0 radical (unpaired) electrons. The van der Waals surface area contributed by atoms with E-state index >= 15 is 0 Å². The van der Waals surface area contributed by atoms with Crippen molar-refractivity contribution in [1.82, 2.24) is 15.3 Å². The molecule has 0 aliphatic heterocycles. The number of carbonyl (C=O) groups is 2. The fraction of sp³-hybridized carbons (Fsp3) is 0.179. The molecule has 0 saturated carbocycles. The lowest BCUT2D eigenvalue weighted by atomic mass is 10.1. The number of carboxylic acid groups (broad SMARTS) is 1. The van der Waals surface area contributed by atoms with Crippen LogP contribution < -0.4 is 5.32 Å². The van der Waals surface area contributed by atoms with Gasteiger partial charge in [-0.05, 0) is 34.9 Å². The lowest BCUT2D eigenvalue weighted by Crippen LogP contribution is -2.42. The first-order chi connectivity index (χ1) is 18.0. The molecule has 0 saturated heterocycles.